The van der Waals surface area contributed by atoms with Crippen molar-refractivity contribution in [2.24, 2.45) is 5.92 Å². The van der Waals surface area contributed by atoms with E-state index in [4.69, 9.17) is 16.3 Å². The Bertz CT molecular complexity index is 1730. The lowest BCUT2D eigenvalue weighted by Crippen LogP contribution is -2.53. The lowest BCUT2D eigenvalue weighted by atomic mass is 10.0. The summed E-state index contributed by atoms with van der Waals surface area (Å²) in [5.74, 6) is -0.118. The van der Waals surface area contributed by atoms with Crippen LogP contribution >= 0.6 is 11.6 Å². The number of nitrogens with zero attached hydrogens (tertiary/aromatic N) is 2. The minimum atomic E-state index is -4.21. The van der Waals surface area contributed by atoms with Crippen LogP contribution in [0, 0.1) is 12.8 Å². The molecule has 248 valence electrons. The number of benzene rings is 4. The average Bonchev–Trinajstić information content (AvgIpc) is 3.05. The van der Waals surface area contributed by atoms with Crippen molar-refractivity contribution in [3.63, 3.8) is 0 Å². The fraction of sp³-hybridized carbons (Fsp3) is 0.297. The molecule has 0 saturated carbocycles. The van der Waals surface area contributed by atoms with E-state index in [-0.39, 0.29) is 35.4 Å². The van der Waals surface area contributed by atoms with E-state index < -0.39 is 28.5 Å². The highest BCUT2D eigenvalue weighted by atomic mass is 35.5. The molecule has 10 heteroatoms. The van der Waals surface area contributed by atoms with Gasteiger partial charge in [0.2, 0.25) is 11.8 Å². The number of nitrogens with one attached hydrogen (secondary N) is 1. The second-order valence-electron chi connectivity index (χ2n) is 11.7. The number of hydrogen-bond acceptors (Lipinski definition) is 5. The molecule has 0 radical (unpaired) electrons. The number of ether oxygens (including phenoxy) is 1. The summed E-state index contributed by atoms with van der Waals surface area (Å²) in [4.78, 5) is 30.0. The van der Waals surface area contributed by atoms with Gasteiger partial charge in [0.1, 0.15) is 18.3 Å². The van der Waals surface area contributed by atoms with Crippen LogP contribution in [0.4, 0.5) is 5.69 Å². The quantitative estimate of drug-likeness (QED) is 0.152. The molecule has 0 unspecified atom stereocenters. The van der Waals surface area contributed by atoms with Gasteiger partial charge in [-0.15, -0.1) is 0 Å². The maximum Gasteiger partial charge on any atom is 0.264 e. The molecule has 0 fully saturated rings. The molecule has 0 saturated heterocycles. The van der Waals surface area contributed by atoms with Crippen LogP contribution in [0.15, 0.2) is 108 Å². The summed E-state index contributed by atoms with van der Waals surface area (Å²) >= 11 is 6.32. The van der Waals surface area contributed by atoms with E-state index in [1.165, 1.54) is 17.0 Å². The van der Waals surface area contributed by atoms with Crippen molar-refractivity contribution in [1.82, 2.24) is 10.2 Å². The maximum atomic E-state index is 14.6. The van der Waals surface area contributed by atoms with Crippen LogP contribution < -0.4 is 14.4 Å². The SMILES string of the molecule is CCOc1ccc(N(CC(=O)N(Cc2cccc(Cl)c2)[C@@H](Cc2ccccc2)C(=O)NCC(C)C)S(=O)(=O)c2ccc(C)cc2)cc1. The molecule has 47 heavy (non-hydrogen) atoms. The van der Waals surface area contributed by atoms with E-state index in [1.54, 1.807) is 54.6 Å². The zero-order valence-electron chi connectivity index (χ0n) is 27.2. The minimum Gasteiger partial charge on any atom is -0.494 e. The van der Waals surface area contributed by atoms with Crippen LogP contribution in [0.2, 0.25) is 5.02 Å². The Morgan fingerprint density at radius 1 is 0.872 bits per heavy atom. The van der Waals surface area contributed by atoms with E-state index in [2.05, 4.69) is 5.32 Å². The third kappa shape index (κ3) is 9.83. The first kappa shape index (κ1) is 35.5. The minimum absolute atomic E-state index is 0.0354. The number of amides is 2. The molecule has 0 aromatic heterocycles. The standard InChI is InChI=1S/C37H42ClN3O5S/c1-5-46-33-18-16-32(17-19-33)41(47(44,45)34-20-14-28(4)15-21-34)26-36(42)40(25-30-12-9-13-31(38)22-30)35(37(43)39-24-27(2)3)23-29-10-7-6-8-11-29/h6-22,27,35H,5,23-26H2,1-4H3,(H,39,43)/t35-/m0/s1. The third-order valence-corrected chi connectivity index (χ3v) is 9.54. The van der Waals surface area contributed by atoms with E-state index >= 15 is 0 Å². The summed E-state index contributed by atoms with van der Waals surface area (Å²) in [7, 11) is -4.21. The zero-order chi connectivity index (χ0) is 34.0. The number of aryl methyl sites for hydroxylation is 1. The highest BCUT2D eigenvalue weighted by Crippen LogP contribution is 2.27. The van der Waals surface area contributed by atoms with Crippen LogP contribution in [0.3, 0.4) is 0 Å². The van der Waals surface area contributed by atoms with Crippen molar-refractivity contribution in [3.05, 3.63) is 125 Å². The fourth-order valence-electron chi connectivity index (χ4n) is 5.05. The van der Waals surface area contributed by atoms with E-state index in [0.29, 0.717) is 29.5 Å². The summed E-state index contributed by atoms with van der Waals surface area (Å²) in [6, 6.07) is 28.6. The molecule has 4 aromatic rings. The lowest BCUT2D eigenvalue weighted by molar-refractivity contribution is -0.140. The molecule has 0 aliphatic carbocycles. The summed E-state index contributed by atoms with van der Waals surface area (Å²) < 4.78 is 35.1. The Hall–Kier alpha value is -4.34. The average molecular weight is 676 g/mol. The van der Waals surface area contributed by atoms with Crippen LogP contribution in [-0.4, -0.2) is 50.9 Å². The van der Waals surface area contributed by atoms with Crippen molar-refractivity contribution >= 4 is 39.1 Å². The van der Waals surface area contributed by atoms with E-state index in [9.17, 15) is 18.0 Å². The van der Waals surface area contributed by atoms with Crippen LogP contribution in [0.25, 0.3) is 0 Å². The van der Waals surface area contributed by atoms with Gasteiger partial charge >= 0.3 is 0 Å². The van der Waals surface area contributed by atoms with Crippen molar-refractivity contribution in [2.45, 2.75) is 51.6 Å². The second-order valence-corrected chi connectivity index (χ2v) is 14.0. The van der Waals surface area contributed by atoms with Crippen molar-refractivity contribution < 1.29 is 22.7 Å². The summed E-state index contributed by atoms with van der Waals surface area (Å²) in [6.45, 7) is 8.07. The first-order valence-corrected chi connectivity index (χ1v) is 17.5. The van der Waals surface area contributed by atoms with Crippen LogP contribution in [-0.2, 0) is 32.6 Å². The summed E-state index contributed by atoms with van der Waals surface area (Å²) in [6.07, 6.45) is 0.227. The van der Waals surface area contributed by atoms with Crippen molar-refractivity contribution in [2.75, 3.05) is 24.0 Å². The smallest absolute Gasteiger partial charge is 0.264 e. The van der Waals surface area contributed by atoms with Gasteiger partial charge in [0.05, 0.1) is 17.2 Å². The Morgan fingerprint density at radius 3 is 2.15 bits per heavy atom. The molecule has 4 aromatic carbocycles. The van der Waals surface area contributed by atoms with Crippen molar-refractivity contribution in [1.29, 1.82) is 0 Å². The first-order chi connectivity index (χ1) is 22.5. The Balaban J connectivity index is 1.80. The first-order valence-electron chi connectivity index (χ1n) is 15.7. The molecule has 1 N–H and O–H groups in total. The molecule has 1 atom stereocenters. The van der Waals surface area contributed by atoms with E-state index in [0.717, 1.165) is 15.4 Å². The molecule has 0 aliphatic heterocycles. The molecule has 0 spiro atoms. The molecule has 4 rings (SSSR count). The highest BCUT2D eigenvalue weighted by Gasteiger charge is 2.34. The number of carbonyl (C=O) groups is 2. The van der Waals surface area contributed by atoms with Gasteiger partial charge in [0.25, 0.3) is 10.0 Å². The van der Waals surface area contributed by atoms with Gasteiger partial charge in [-0.25, -0.2) is 8.42 Å². The molecule has 0 aliphatic rings. The fourth-order valence-corrected chi connectivity index (χ4v) is 6.68. The van der Waals surface area contributed by atoms with Crippen LogP contribution in [0.5, 0.6) is 5.75 Å². The predicted octanol–water partition coefficient (Wildman–Crippen LogP) is 6.65. The Kier molecular flexibility index (Phi) is 12.4. The number of sulfonamides is 1. The van der Waals surface area contributed by atoms with Gasteiger partial charge in [0, 0.05) is 24.5 Å². The lowest BCUT2D eigenvalue weighted by Gasteiger charge is -2.34. The third-order valence-electron chi connectivity index (χ3n) is 7.52. The van der Waals surface area contributed by atoms with Gasteiger partial charge in [-0.05, 0) is 79.4 Å². The number of anilines is 1. The van der Waals surface area contributed by atoms with Crippen LogP contribution in [0.1, 0.15) is 37.5 Å². The van der Waals surface area contributed by atoms with Gasteiger partial charge < -0.3 is 15.0 Å². The van der Waals surface area contributed by atoms with Gasteiger partial charge in [0.15, 0.2) is 0 Å². The molecular weight excluding hydrogens is 634 g/mol. The summed E-state index contributed by atoms with van der Waals surface area (Å²) in [5, 5.41) is 3.48. The zero-order valence-corrected chi connectivity index (χ0v) is 28.8. The van der Waals surface area contributed by atoms with E-state index in [1.807, 2.05) is 64.1 Å². The largest absolute Gasteiger partial charge is 0.494 e. The number of rotatable bonds is 15. The van der Waals surface area contributed by atoms with Gasteiger partial charge in [-0.3, -0.25) is 13.9 Å². The highest BCUT2D eigenvalue weighted by molar-refractivity contribution is 7.92. The molecular formula is C37H42ClN3O5S. The van der Waals surface area contributed by atoms with Gasteiger partial charge in [-0.2, -0.15) is 0 Å². The normalized spacial score (nSPS) is 12.0. The molecule has 0 bridgehead atoms. The molecule has 0 heterocycles. The Morgan fingerprint density at radius 2 is 1.53 bits per heavy atom. The maximum absolute atomic E-state index is 14.6. The number of hydrogen-bond donors (Lipinski definition) is 1. The second kappa shape index (κ2) is 16.5. The van der Waals surface area contributed by atoms with Crippen molar-refractivity contribution in [3.8, 4) is 5.75 Å². The Labute approximate surface area is 283 Å². The molecule has 8 nitrogen and oxygen atoms in total. The predicted molar refractivity (Wildman–Crippen MR) is 187 cm³/mol. The monoisotopic (exact) mass is 675 g/mol. The number of carbonyl (C=O) groups excluding carboxylic acids is 2. The summed E-state index contributed by atoms with van der Waals surface area (Å²) in [5.41, 5.74) is 2.75. The van der Waals surface area contributed by atoms with Gasteiger partial charge in [-0.1, -0.05) is 85.6 Å². The molecule has 2 amide bonds. The number of halogens is 1. The topological polar surface area (TPSA) is 96.0 Å².